The average Bonchev–Trinajstić information content (AvgIpc) is 2.13. The van der Waals surface area contributed by atoms with Gasteiger partial charge in [-0.3, -0.25) is 0 Å². The fourth-order valence-electron chi connectivity index (χ4n) is 0.629. The predicted molar refractivity (Wildman–Crippen MR) is 43.7 cm³/mol. The summed E-state index contributed by atoms with van der Waals surface area (Å²) in [6.07, 6.45) is 0. The van der Waals surface area contributed by atoms with Crippen LogP contribution >= 0.6 is 0 Å². The third kappa shape index (κ3) is 2.56. The largest absolute Gasteiger partial charge is 0.400 e. The van der Waals surface area contributed by atoms with Crippen molar-refractivity contribution in [2.75, 3.05) is 12.8 Å². The van der Waals surface area contributed by atoms with Gasteiger partial charge in [0.2, 0.25) is 0 Å². The van der Waals surface area contributed by atoms with Gasteiger partial charge in [-0.25, -0.2) is 4.39 Å². The predicted octanol–water partition coefficient (Wildman–Crippen LogP) is 0.888. The summed E-state index contributed by atoms with van der Waals surface area (Å²) in [6, 6.07) is 5.57. The van der Waals surface area contributed by atoms with E-state index < -0.39 is 5.82 Å². The number of nitriles is 1. The molecule has 0 radical (unpaired) electrons. The van der Waals surface area contributed by atoms with E-state index in [1.165, 1.54) is 18.2 Å². The fourth-order valence-corrected chi connectivity index (χ4v) is 0.629. The molecule has 3 nitrogen and oxygen atoms in total. The van der Waals surface area contributed by atoms with Crippen molar-refractivity contribution >= 4 is 5.69 Å². The van der Waals surface area contributed by atoms with E-state index >= 15 is 0 Å². The molecule has 64 valence electrons. The fraction of sp³-hybridized carbons (Fsp3) is 0.125. The molecule has 0 heterocycles. The number of hydrogen-bond acceptors (Lipinski definition) is 3. The van der Waals surface area contributed by atoms with Gasteiger partial charge in [0, 0.05) is 12.8 Å². The maximum absolute atomic E-state index is 12.5. The van der Waals surface area contributed by atoms with Crippen LogP contribution in [-0.2, 0) is 0 Å². The molecule has 0 saturated carbocycles. The number of hydrogen-bond donors (Lipinski definition) is 2. The summed E-state index contributed by atoms with van der Waals surface area (Å²) in [5.41, 5.74) is 5.67. The summed E-state index contributed by atoms with van der Waals surface area (Å²) in [5.74, 6) is -0.531. The van der Waals surface area contributed by atoms with Crippen molar-refractivity contribution < 1.29 is 9.50 Å². The van der Waals surface area contributed by atoms with E-state index in [0.717, 1.165) is 7.11 Å². The summed E-state index contributed by atoms with van der Waals surface area (Å²) >= 11 is 0. The molecule has 0 fully saturated rings. The lowest BCUT2D eigenvalue weighted by atomic mass is 10.2. The second-order valence-electron chi connectivity index (χ2n) is 1.85. The molecule has 0 amide bonds. The van der Waals surface area contributed by atoms with Crippen molar-refractivity contribution in [1.29, 1.82) is 5.26 Å². The molecule has 0 aliphatic heterocycles. The van der Waals surface area contributed by atoms with Crippen LogP contribution in [0.15, 0.2) is 18.2 Å². The number of rotatable bonds is 0. The van der Waals surface area contributed by atoms with Crippen LogP contribution < -0.4 is 5.73 Å². The lowest BCUT2D eigenvalue weighted by molar-refractivity contribution is 0.399. The van der Waals surface area contributed by atoms with Crippen LogP contribution in [0.1, 0.15) is 5.56 Å². The Bertz CT molecular complexity index is 294. The average molecular weight is 168 g/mol. The Morgan fingerprint density at radius 3 is 2.50 bits per heavy atom. The monoisotopic (exact) mass is 168 g/mol. The first-order valence-electron chi connectivity index (χ1n) is 3.14. The van der Waals surface area contributed by atoms with Gasteiger partial charge in [0.25, 0.3) is 0 Å². The molecular formula is C8H9FN2O. The maximum atomic E-state index is 12.5. The van der Waals surface area contributed by atoms with Crippen molar-refractivity contribution in [3.05, 3.63) is 29.6 Å². The van der Waals surface area contributed by atoms with Crippen LogP contribution in [0.5, 0.6) is 0 Å². The van der Waals surface area contributed by atoms with E-state index in [4.69, 9.17) is 16.1 Å². The molecule has 0 unspecified atom stereocenters. The summed E-state index contributed by atoms with van der Waals surface area (Å²) < 4.78 is 12.5. The molecule has 4 heteroatoms. The van der Waals surface area contributed by atoms with Crippen molar-refractivity contribution in [3.63, 3.8) is 0 Å². The molecule has 0 aliphatic rings. The molecule has 0 aromatic heterocycles. The van der Waals surface area contributed by atoms with Gasteiger partial charge in [0.15, 0.2) is 0 Å². The van der Waals surface area contributed by atoms with E-state index in [9.17, 15) is 4.39 Å². The minimum Gasteiger partial charge on any atom is -0.400 e. The van der Waals surface area contributed by atoms with Gasteiger partial charge in [-0.1, -0.05) is 0 Å². The van der Waals surface area contributed by atoms with Gasteiger partial charge in [0.05, 0.1) is 5.56 Å². The van der Waals surface area contributed by atoms with Gasteiger partial charge in [0.1, 0.15) is 11.9 Å². The number of nitrogen functional groups attached to an aromatic ring is 1. The molecule has 1 rings (SSSR count). The van der Waals surface area contributed by atoms with Gasteiger partial charge in [-0.2, -0.15) is 5.26 Å². The second-order valence-corrected chi connectivity index (χ2v) is 1.85. The highest BCUT2D eigenvalue weighted by atomic mass is 19.1. The lowest BCUT2D eigenvalue weighted by Gasteiger charge is -1.93. The smallest absolute Gasteiger partial charge is 0.141 e. The Morgan fingerprint density at radius 2 is 2.08 bits per heavy atom. The Balaban J connectivity index is 0.000000561. The number of nitrogens with two attached hydrogens (primary N) is 1. The molecular weight excluding hydrogens is 159 g/mol. The second kappa shape index (κ2) is 5.10. The molecule has 0 bridgehead atoms. The highest BCUT2D eigenvalue weighted by Gasteiger charge is 1.98. The minimum absolute atomic E-state index is 0.0139. The van der Waals surface area contributed by atoms with Gasteiger partial charge in [-0.15, -0.1) is 0 Å². The first kappa shape index (κ1) is 10.4. The first-order chi connectivity index (χ1) is 5.74. The minimum atomic E-state index is -0.531. The SMILES string of the molecule is CO.N#Cc1cc(N)ccc1F. The lowest BCUT2D eigenvalue weighted by Crippen LogP contribution is -1.88. The number of anilines is 1. The van der Waals surface area contributed by atoms with E-state index in [1.54, 1.807) is 6.07 Å². The third-order valence-corrected chi connectivity index (χ3v) is 1.11. The Kier molecular flexibility index (Phi) is 4.42. The van der Waals surface area contributed by atoms with Crippen LogP contribution in [0.25, 0.3) is 0 Å². The maximum Gasteiger partial charge on any atom is 0.141 e. The summed E-state index contributed by atoms with van der Waals surface area (Å²) in [6.45, 7) is 0. The molecule has 0 spiro atoms. The molecule has 0 atom stereocenters. The standard InChI is InChI=1S/C7H5FN2.CH4O/c8-7-2-1-6(10)3-5(7)4-9;1-2/h1-3H,10H2;2H,1H3. The zero-order valence-electron chi connectivity index (χ0n) is 6.58. The molecule has 0 saturated heterocycles. The van der Waals surface area contributed by atoms with E-state index in [-0.39, 0.29) is 5.56 Å². The highest BCUT2D eigenvalue weighted by Crippen LogP contribution is 2.09. The van der Waals surface area contributed by atoms with Crippen LogP contribution in [0.3, 0.4) is 0 Å². The van der Waals surface area contributed by atoms with Crippen molar-refractivity contribution in [3.8, 4) is 6.07 Å². The van der Waals surface area contributed by atoms with Crippen LogP contribution in [0.2, 0.25) is 0 Å². The number of nitrogens with zero attached hydrogens (tertiary/aromatic N) is 1. The topological polar surface area (TPSA) is 70.0 Å². The van der Waals surface area contributed by atoms with Crippen LogP contribution in [-0.4, -0.2) is 12.2 Å². The number of halogens is 1. The number of benzene rings is 1. The van der Waals surface area contributed by atoms with Crippen LogP contribution in [0.4, 0.5) is 10.1 Å². The Labute approximate surface area is 69.9 Å². The van der Waals surface area contributed by atoms with Gasteiger partial charge < -0.3 is 10.8 Å². The molecule has 0 aliphatic carbocycles. The molecule has 12 heavy (non-hydrogen) atoms. The normalized spacial score (nSPS) is 7.83. The Hall–Kier alpha value is -1.60. The number of aliphatic hydroxyl groups is 1. The van der Waals surface area contributed by atoms with Crippen molar-refractivity contribution in [1.82, 2.24) is 0 Å². The van der Waals surface area contributed by atoms with Crippen LogP contribution in [0, 0.1) is 17.1 Å². The summed E-state index contributed by atoms with van der Waals surface area (Å²) in [7, 11) is 1.00. The van der Waals surface area contributed by atoms with Crippen molar-refractivity contribution in [2.45, 2.75) is 0 Å². The van der Waals surface area contributed by atoms with E-state index in [0.29, 0.717) is 5.69 Å². The quantitative estimate of drug-likeness (QED) is 0.565. The van der Waals surface area contributed by atoms with E-state index in [2.05, 4.69) is 0 Å². The summed E-state index contributed by atoms with van der Waals surface area (Å²) in [5, 5.41) is 15.3. The zero-order chi connectivity index (χ0) is 9.56. The zero-order valence-corrected chi connectivity index (χ0v) is 6.58. The first-order valence-corrected chi connectivity index (χ1v) is 3.14. The van der Waals surface area contributed by atoms with Gasteiger partial charge in [-0.05, 0) is 18.2 Å². The van der Waals surface area contributed by atoms with Gasteiger partial charge >= 0.3 is 0 Å². The summed E-state index contributed by atoms with van der Waals surface area (Å²) in [4.78, 5) is 0. The Morgan fingerprint density at radius 1 is 1.50 bits per heavy atom. The molecule has 1 aromatic carbocycles. The van der Waals surface area contributed by atoms with Crippen molar-refractivity contribution in [2.24, 2.45) is 0 Å². The molecule has 1 aromatic rings. The van der Waals surface area contributed by atoms with E-state index in [1.807, 2.05) is 0 Å². The number of aliphatic hydroxyl groups excluding tert-OH is 1. The third-order valence-electron chi connectivity index (χ3n) is 1.11. The molecule has 3 N–H and O–H groups in total. The highest BCUT2D eigenvalue weighted by molar-refractivity contribution is 5.45.